The minimum absolute atomic E-state index is 0.275. The Morgan fingerprint density at radius 3 is 2.68 bits per heavy atom. The summed E-state index contributed by atoms with van der Waals surface area (Å²) in [5.41, 5.74) is 5.74. The third-order valence-electron chi connectivity index (χ3n) is 4.68. The maximum absolute atomic E-state index is 4.74. The molecule has 0 saturated carbocycles. The summed E-state index contributed by atoms with van der Waals surface area (Å²) in [6, 6.07) is 6.43. The number of nitrogens with one attached hydrogen (secondary N) is 2. The van der Waals surface area contributed by atoms with E-state index in [9.17, 15) is 0 Å². The lowest BCUT2D eigenvalue weighted by atomic mass is 9.86. The van der Waals surface area contributed by atoms with Gasteiger partial charge in [-0.3, -0.25) is 0 Å². The van der Waals surface area contributed by atoms with Gasteiger partial charge in [0.2, 0.25) is 0 Å². The van der Waals surface area contributed by atoms with Crippen LogP contribution in [-0.2, 0) is 6.42 Å². The number of benzene rings is 1. The lowest BCUT2D eigenvalue weighted by Gasteiger charge is -2.21. The average molecular weight is 398 g/mol. The van der Waals surface area contributed by atoms with E-state index in [2.05, 4.69) is 57.3 Å². The van der Waals surface area contributed by atoms with Crippen LogP contribution in [0.3, 0.4) is 0 Å². The van der Waals surface area contributed by atoms with Crippen LogP contribution in [0.15, 0.2) is 35.8 Å². The standard InChI is InChI=1S/C19H18BrN3.C2H6/c1-3-15-16(4-2)23-19(22-15)13-7-5-6-12-14-10-11(20)8-9-17(14)21-18(12)13;1-2/h3-4,8-10,13,21H,1-2,5-7H2,(H,22,23);1-2H3. The van der Waals surface area contributed by atoms with Crippen LogP contribution >= 0.6 is 15.9 Å². The van der Waals surface area contributed by atoms with Gasteiger partial charge in [0, 0.05) is 21.1 Å². The first-order valence-corrected chi connectivity index (χ1v) is 9.65. The van der Waals surface area contributed by atoms with Crippen molar-refractivity contribution in [3.63, 3.8) is 0 Å². The molecule has 3 nitrogen and oxygen atoms in total. The molecule has 1 aliphatic carbocycles. The Hall–Kier alpha value is -2.07. The van der Waals surface area contributed by atoms with Crippen molar-refractivity contribution in [3.05, 3.63) is 64.3 Å². The molecule has 0 bridgehead atoms. The molecule has 0 aliphatic heterocycles. The van der Waals surface area contributed by atoms with E-state index in [0.717, 1.165) is 34.5 Å². The minimum Gasteiger partial charge on any atom is -0.358 e. The van der Waals surface area contributed by atoms with Crippen molar-refractivity contribution in [2.75, 3.05) is 0 Å². The number of fused-ring (bicyclic) bond motifs is 3. The first-order chi connectivity index (χ1) is 12.2. The van der Waals surface area contributed by atoms with Gasteiger partial charge in [-0.2, -0.15) is 0 Å². The Bertz CT molecular complexity index is 891. The Morgan fingerprint density at radius 2 is 2.00 bits per heavy atom. The number of halogens is 1. The molecule has 0 fully saturated rings. The van der Waals surface area contributed by atoms with Crippen LogP contribution in [-0.4, -0.2) is 15.0 Å². The highest BCUT2D eigenvalue weighted by Gasteiger charge is 2.28. The van der Waals surface area contributed by atoms with E-state index in [-0.39, 0.29) is 5.92 Å². The van der Waals surface area contributed by atoms with Gasteiger partial charge >= 0.3 is 0 Å². The number of hydrogen-bond acceptors (Lipinski definition) is 1. The Kier molecular flexibility index (Phi) is 5.28. The number of hydrogen-bond donors (Lipinski definition) is 2. The van der Waals surface area contributed by atoms with Crippen LogP contribution in [0, 0.1) is 0 Å². The molecule has 25 heavy (non-hydrogen) atoms. The summed E-state index contributed by atoms with van der Waals surface area (Å²) < 4.78 is 1.12. The molecule has 4 rings (SSSR count). The van der Waals surface area contributed by atoms with Gasteiger partial charge in [0.25, 0.3) is 0 Å². The smallest absolute Gasteiger partial charge is 0.116 e. The molecule has 2 heterocycles. The fourth-order valence-electron chi connectivity index (χ4n) is 3.60. The van der Waals surface area contributed by atoms with Gasteiger partial charge in [0.1, 0.15) is 5.82 Å². The molecule has 1 atom stereocenters. The second-order valence-electron chi connectivity index (χ2n) is 5.98. The maximum atomic E-state index is 4.74. The molecule has 0 amide bonds. The van der Waals surface area contributed by atoms with E-state index in [4.69, 9.17) is 4.98 Å². The van der Waals surface area contributed by atoms with Gasteiger partial charge in [-0.25, -0.2) is 4.98 Å². The molecule has 130 valence electrons. The zero-order chi connectivity index (χ0) is 18.0. The predicted octanol–water partition coefficient (Wildman–Crippen LogP) is 6.43. The summed E-state index contributed by atoms with van der Waals surface area (Å²) in [5, 5.41) is 1.32. The van der Waals surface area contributed by atoms with E-state index in [1.807, 2.05) is 13.8 Å². The highest BCUT2D eigenvalue weighted by Crippen LogP contribution is 2.39. The lowest BCUT2D eigenvalue weighted by Crippen LogP contribution is -2.12. The molecule has 2 aromatic heterocycles. The first-order valence-electron chi connectivity index (χ1n) is 8.86. The van der Waals surface area contributed by atoms with Crippen molar-refractivity contribution in [3.8, 4) is 0 Å². The van der Waals surface area contributed by atoms with E-state index in [0.29, 0.717) is 0 Å². The molecule has 2 N–H and O–H groups in total. The molecule has 3 aromatic rings. The molecule has 1 aliphatic rings. The molecule has 0 radical (unpaired) electrons. The molecule has 1 aromatic carbocycles. The SMILES string of the molecule is C=Cc1nc(C2CCCc3c2[nH]c2ccc(Br)cc32)[nH]c1C=C.CC. The Balaban J connectivity index is 0.000000880. The van der Waals surface area contributed by atoms with Crippen molar-refractivity contribution in [2.45, 2.75) is 39.0 Å². The summed E-state index contributed by atoms with van der Waals surface area (Å²) in [4.78, 5) is 11.8. The first kappa shape index (κ1) is 17.7. The summed E-state index contributed by atoms with van der Waals surface area (Å²) in [5.74, 6) is 1.28. The average Bonchev–Trinajstić information content (AvgIpc) is 3.24. The number of rotatable bonds is 3. The van der Waals surface area contributed by atoms with E-state index < -0.39 is 0 Å². The largest absolute Gasteiger partial charge is 0.358 e. The number of aromatic amines is 2. The van der Waals surface area contributed by atoms with Gasteiger partial charge in [-0.05, 0) is 55.2 Å². The van der Waals surface area contributed by atoms with Crippen LogP contribution in [0.1, 0.15) is 61.1 Å². The summed E-state index contributed by atoms with van der Waals surface area (Å²) in [6.45, 7) is 11.7. The number of imidazole rings is 1. The van der Waals surface area contributed by atoms with Gasteiger partial charge in [-0.1, -0.05) is 42.9 Å². The highest BCUT2D eigenvalue weighted by molar-refractivity contribution is 9.10. The van der Waals surface area contributed by atoms with Gasteiger partial charge < -0.3 is 9.97 Å². The van der Waals surface area contributed by atoms with Crippen LogP contribution < -0.4 is 0 Å². The minimum atomic E-state index is 0.275. The summed E-state index contributed by atoms with van der Waals surface area (Å²) >= 11 is 3.58. The zero-order valence-electron chi connectivity index (χ0n) is 14.8. The van der Waals surface area contributed by atoms with E-state index >= 15 is 0 Å². The third-order valence-corrected chi connectivity index (χ3v) is 5.17. The fraction of sp³-hybridized carbons (Fsp3) is 0.286. The van der Waals surface area contributed by atoms with Crippen LogP contribution in [0.2, 0.25) is 0 Å². The van der Waals surface area contributed by atoms with Crippen LogP contribution in [0.5, 0.6) is 0 Å². The second-order valence-corrected chi connectivity index (χ2v) is 6.90. The van der Waals surface area contributed by atoms with Gasteiger partial charge in [-0.15, -0.1) is 0 Å². The molecular weight excluding hydrogens is 374 g/mol. The molecular formula is C21H24BrN3. The number of nitrogens with zero attached hydrogens (tertiary/aromatic N) is 1. The molecule has 1 unspecified atom stereocenters. The summed E-state index contributed by atoms with van der Waals surface area (Å²) in [6.07, 6.45) is 6.97. The Labute approximate surface area is 157 Å². The van der Waals surface area contributed by atoms with Crippen LogP contribution in [0.25, 0.3) is 23.1 Å². The quantitative estimate of drug-likeness (QED) is 0.524. The molecule has 4 heteroatoms. The molecule has 0 spiro atoms. The highest BCUT2D eigenvalue weighted by atomic mass is 79.9. The van der Waals surface area contributed by atoms with Crippen molar-refractivity contribution >= 4 is 39.0 Å². The molecule has 0 saturated heterocycles. The zero-order valence-corrected chi connectivity index (χ0v) is 16.4. The topological polar surface area (TPSA) is 44.5 Å². The maximum Gasteiger partial charge on any atom is 0.116 e. The predicted molar refractivity (Wildman–Crippen MR) is 111 cm³/mol. The number of H-pyrrole nitrogens is 2. The van der Waals surface area contributed by atoms with E-state index in [1.165, 1.54) is 28.6 Å². The number of aromatic nitrogens is 3. The third kappa shape index (κ3) is 3.11. The van der Waals surface area contributed by atoms with Gasteiger partial charge in [0.15, 0.2) is 0 Å². The monoisotopic (exact) mass is 397 g/mol. The number of aryl methyl sites for hydroxylation is 1. The van der Waals surface area contributed by atoms with Crippen molar-refractivity contribution in [1.82, 2.24) is 15.0 Å². The fourth-order valence-corrected chi connectivity index (χ4v) is 3.97. The van der Waals surface area contributed by atoms with Crippen LogP contribution in [0.4, 0.5) is 0 Å². The normalized spacial score (nSPS) is 16.0. The van der Waals surface area contributed by atoms with Crippen molar-refractivity contribution < 1.29 is 0 Å². The van der Waals surface area contributed by atoms with Crippen molar-refractivity contribution in [2.24, 2.45) is 0 Å². The lowest BCUT2D eigenvalue weighted by molar-refractivity contribution is 0.587. The summed E-state index contributed by atoms with van der Waals surface area (Å²) in [7, 11) is 0. The van der Waals surface area contributed by atoms with Gasteiger partial charge in [0.05, 0.1) is 17.3 Å². The van der Waals surface area contributed by atoms with Crippen molar-refractivity contribution in [1.29, 1.82) is 0 Å². The Morgan fingerprint density at radius 1 is 1.20 bits per heavy atom. The van der Waals surface area contributed by atoms with E-state index in [1.54, 1.807) is 12.2 Å². The second kappa shape index (κ2) is 7.44.